The monoisotopic (exact) mass is 304 g/mol. The Morgan fingerprint density at radius 2 is 2.00 bits per heavy atom. The highest BCUT2D eigenvalue weighted by atomic mass is 32.2. The number of thiophene rings is 1. The van der Waals surface area contributed by atoms with Crippen LogP contribution >= 0.6 is 11.3 Å². The molecule has 1 aromatic rings. The Morgan fingerprint density at radius 1 is 1.37 bits per heavy atom. The maximum absolute atomic E-state index is 12.2. The molecule has 4 nitrogen and oxygen atoms in total. The van der Waals surface area contributed by atoms with Crippen LogP contribution in [0.5, 0.6) is 0 Å². The molecule has 0 saturated heterocycles. The first-order valence-electron chi connectivity index (χ1n) is 6.38. The largest absolute Gasteiger partial charge is 0.315 e. The van der Waals surface area contributed by atoms with Gasteiger partial charge in [-0.3, -0.25) is 0 Å². The zero-order valence-electron chi connectivity index (χ0n) is 12.3. The minimum Gasteiger partial charge on any atom is -0.315 e. The average molecular weight is 304 g/mol. The molecule has 0 aromatic carbocycles. The molecule has 0 saturated carbocycles. The predicted octanol–water partition coefficient (Wildman–Crippen LogP) is 2.43. The second kappa shape index (κ2) is 6.35. The summed E-state index contributed by atoms with van der Waals surface area (Å²) in [6.07, 6.45) is 0. The smallest absolute Gasteiger partial charge is 0.241 e. The molecule has 1 rings (SSSR count). The van der Waals surface area contributed by atoms with Crippen LogP contribution in [0.3, 0.4) is 0 Å². The lowest BCUT2D eigenvalue weighted by Crippen LogP contribution is -2.33. The Hall–Kier alpha value is -0.430. The van der Waals surface area contributed by atoms with Crippen molar-refractivity contribution in [2.24, 2.45) is 11.3 Å². The van der Waals surface area contributed by atoms with E-state index in [1.165, 1.54) is 11.3 Å². The van der Waals surface area contributed by atoms with E-state index in [1.54, 1.807) is 11.4 Å². The van der Waals surface area contributed by atoms with Crippen LogP contribution in [0.1, 0.15) is 32.6 Å². The molecular formula is C13H24N2O2S2. The van der Waals surface area contributed by atoms with E-state index in [-0.39, 0.29) is 11.3 Å². The van der Waals surface area contributed by atoms with E-state index in [1.807, 2.05) is 7.05 Å². The normalized spacial score (nSPS) is 14.6. The third-order valence-electron chi connectivity index (χ3n) is 3.35. The molecule has 0 fully saturated rings. The lowest BCUT2D eigenvalue weighted by molar-refractivity contribution is 0.263. The molecule has 0 aliphatic heterocycles. The highest BCUT2D eigenvalue weighted by molar-refractivity contribution is 7.89. The van der Waals surface area contributed by atoms with E-state index in [4.69, 9.17) is 0 Å². The first-order valence-corrected chi connectivity index (χ1v) is 8.75. The van der Waals surface area contributed by atoms with Gasteiger partial charge in [0.15, 0.2) is 0 Å². The van der Waals surface area contributed by atoms with Gasteiger partial charge in [-0.15, -0.1) is 11.3 Å². The van der Waals surface area contributed by atoms with Gasteiger partial charge in [-0.1, -0.05) is 27.7 Å². The topological polar surface area (TPSA) is 58.2 Å². The van der Waals surface area contributed by atoms with Gasteiger partial charge in [0.05, 0.1) is 4.90 Å². The Morgan fingerprint density at radius 3 is 2.53 bits per heavy atom. The number of rotatable bonds is 6. The predicted molar refractivity (Wildman–Crippen MR) is 80.9 cm³/mol. The van der Waals surface area contributed by atoms with Gasteiger partial charge in [-0.05, 0) is 24.4 Å². The van der Waals surface area contributed by atoms with Crippen LogP contribution in [0.15, 0.2) is 16.3 Å². The second-order valence-electron chi connectivity index (χ2n) is 5.90. The quantitative estimate of drug-likeness (QED) is 0.848. The van der Waals surface area contributed by atoms with Gasteiger partial charge in [0.25, 0.3) is 0 Å². The number of nitrogens with one attached hydrogen (secondary N) is 2. The number of hydrogen-bond donors (Lipinski definition) is 2. The fraction of sp³-hybridized carbons (Fsp3) is 0.692. The molecule has 6 heteroatoms. The van der Waals surface area contributed by atoms with E-state index in [0.29, 0.717) is 18.0 Å². The van der Waals surface area contributed by atoms with Crippen molar-refractivity contribution in [3.05, 3.63) is 16.3 Å². The van der Waals surface area contributed by atoms with Crippen molar-refractivity contribution in [1.29, 1.82) is 0 Å². The summed E-state index contributed by atoms with van der Waals surface area (Å²) in [6.45, 7) is 9.55. The van der Waals surface area contributed by atoms with Crippen LogP contribution in [0.4, 0.5) is 0 Å². The molecule has 0 aliphatic carbocycles. The van der Waals surface area contributed by atoms with E-state index < -0.39 is 10.0 Å². The molecule has 19 heavy (non-hydrogen) atoms. The van der Waals surface area contributed by atoms with Crippen LogP contribution in [0.25, 0.3) is 0 Å². The van der Waals surface area contributed by atoms with Gasteiger partial charge in [-0.25, -0.2) is 13.1 Å². The molecule has 0 amide bonds. The maximum Gasteiger partial charge on any atom is 0.241 e. The zero-order chi connectivity index (χ0) is 14.7. The molecule has 0 radical (unpaired) electrons. The molecule has 1 aromatic heterocycles. The van der Waals surface area contributed by atoms with E-state index in [2.05, 4.69) is 37.7 Å². The van der Waals surface area contributed by atoms with E-state index in [9.17, 15) is 8.42 Å². The lowest BCUT2D eigenvalue weighted by Gasteiger charge is -2.27. The molecule has 2 N–H and O–H groups in total. The van der Waals surface area contributed by atoms with Crippen molar-refractivity contribution in [1.82, 2.24) is 10.0 Å². The van der Waals surface area contributed by atoms with Crippen molar-refractivity contribution < 1.29 is 8.42 Å². The molecular weight excluding hydrogens is 280 g/mol. The van der Waals surface area contributed by atoms with Crippen molar-refractivity contribution in [3.8, 4) is 0 Å². The summed E-state index contributed by atoms with van der Waals surface area (Å²) >= 11 is 1.46. The highest BCUT2D eigenvalue weighted by Gasteiger charge is 2.23. The standard InChI is InChI=1S/C13H24N2O2S2/c1-10(13(2,3)4)7-15-19(16,17)12-6-11(8-14-5)18-9-12/h6,9-10,14-15H,7-8H2,1-5H3. The lowest BCUT2D eigenvalue weighted by atomic mass is 9.82. The van der Waals surface area contributed by atoms with Gasteiger partial charge in [0, 0.05) is 23.3 Å². The first-order chi connectivity index (χ1) is 8.66. The Labute approximate surface area is 120 Å². The van der Waals surface area contributed by atoms with Crippen molar-refractivity contribution in [3.63, 3.8) is 0 Å². The van der Waals surface area contributed by atoms with Crippen molar-refractivity contribution >= 4 is 21.4 Å². The molecule has 0 aliphatic rings. The third-order valence-corrected chi connectivity index (χ3v) is 5.84. The molecule has 1 atom stereocenters. The van der Waals surface area contributed by atoms with Crippen LogP contribution in [-0.4, -0.2) is 22.0 Å². The number of sulfonamides is 1. The Balaban J connectivity index is 2.70. The van der Waals surface area contributed by atoms with Crippen molar-refractivity contribution in [2.75, 3.05) is 13.6 Å². The summed E-state index contributed by atoms with van der Waals surface area (Å²) in [6, 6.07) is 1.73. The summed E-state index contributed by atoms with van der Waals surface area (Å²) in [4.78, 5) is 1.38. The molecule has 1 heterocycles. The summed E-state index contributed by atoms with van der Waals surface area (Å²) in [5.41, 5.74) is 0.0917. The summed E-state index contributed by atoms with van der Waals surface area (Å²) in [7, 11) is -1.54. The second-order valence-corrected chi connectivity index (χ2v) is 8.66. The minimum atomic E-state index is -3.38. The highest BCUT2D eigenvalue weighted by Crippen LogP contribution is 2.25. The van der Waals surface area contributed by atoms with Gasteiger partial charge in [-0.2, -0.15) is 0 Å². The van der Waals surface area contributed by atoms with E-state index >= 15 is 0 Å². The van der Waals surface area contributed by atoms with Gasteiger partial charge in [0.1, 0.15) is 0 Å². The Kier molecular flexibility index (Phi) is 5.55. The van der Waals surface area contributed by atoms with Gasteiger partial charge >= 0.3 is 0 Å². The molecule has 0 bridgehead atoms. The van der Waals surface area contributed by atoms with Crippen LogP contribution in [0, 0.1) is 11.3 Å². The zero-order valence-corrected chi connectivity index (χ0v) is 13.9. The van der Waals surface area contributed by atoms with Crippen molar-refractivity contribution in [2.45, 2.75) is 39.1 Å². The fourth-order valence-electron chi connectivity index (χ4n) is 1.39. The van der Waals surface area contributed by atoms with Gasteiger partial charge < -0.3 is 5.32 Å². The minimum absolute atomic E-state index is 0.0917. The molecule has 0 spiro atoms. The molecule has 1 unspecified atom stereocenters. The maximum atomic E-state index is 12.2. The fourth-order valence-corrected chi connectivity index (χ4v) is 3.81. The number of hydrogen-bond acceptors (Lipinski definition) is 4. The van der Waals surface area contributed by atoms with E-state index in [0.717, 1.165) is 4.88 Å². The SMILES string of the molecule is CNCc1cc(S(=O)(=O)NCC(C)C(C)(C)C)cs1. The van der Waals surface area contributed by atoms with Crippen LogP contribution in [-0.2, 0) is 16.6 Å². The summed E-state index contributed by atoms with van der Waals surface area (Å²) in [5, 5.41) is 4.71. The Bertz CT molecular complexity index is 501. The van der Waals surface area contributed by atoms with Gasteiger partial charge in [0.2, 0.25) is 10.0 Å². The summed E-state index contributed by atoms with van der Waals surface area (Å²) in [5.74, 6) is 0.276. The molecule has 110 valence electrons. The third kappa shape index (κ3) is 4.87. The first kappa shape index (κ1) is 16.6. The summed E-state index contributed by atoms with van der Waals surface area (Å²) < 4.78 is 27.0. The van der Waals surface area contributed by atoms with Crippen LogP contribution < -0.4 is 10.0 Å². The van der Waals surface area contributed by atoms with Crippen LogP contribution in [0.2, 0.25) is 0 Å². The average Bonchev–Trinajstić information content (AvgIpc) is 2.74.